The molecule has 1 aromatic rings. The van der Waals surface area contributed by atoms with Gasteiger partial charge in [0.25, 0.3) is 0 Å². The monoisotopic (exact) mass is 394 g/mol. The average Bonchev–Trinajstić information content (AvgIpc) is 2.67. The van der Waals surface area contributed by atoms with Gasteiger partial charge < -0.3 is 19.7 Å². The highest BCUT2D eigenvalue weighted by molar-refractivity contribution is 5.69. The van der Waals surface area contributed by atoms with Gasteiger partial charge in [-0.25, -0.2) is 0 Å². The molecule has 0 radical (unpaired) electrons. The molecule has 28 heavy (non-hydrogen) atoms. The highest BCUT2D eigenvalue weighted by Gasteiger charge is 2.09. The molecule has 0 aliphatic rings. The van der Waals surface area contributed by atoms with Gasteiger partial charge in [-0.3, -0.25) is 9.59 Å². The SMILES string of the molecule is CC(CCCCCCCCCOc1ccccc1OCCCC(=O)O)C(=O)O. The minimum absolute atomic E-state index is 0.0988. The predicted molar refractivity (Wildman–Crippen MR) is 108 cm³/mol. The summed E-state index contributed by atoms with van der Waals surface area (Å²) in [6.45, 7) is 2.76. The fourth-order valence-corrected chi connectivity index (χ4v) is 2.84. The maximum absolute atomic E-state index is 10.7. The third-order valence-electron chi connectivity index (χ3n) is 4.60. The molecule has 0 saturated heterocycles. The van der Waals surface area contributed by atoms with E-state index in [0.717, 1.165) is 44.9 Å². The Morgan fingerprint density at radius 3 is 1.86 bits per heavy atom. The number of para-hydroxylation sites is 2. The van der Waals surface area contributed by atoms with Crippen LogP contribution in [-0.4, -0.2) is 35.4 Å². The third-order valence-corrected chi connectivity index (χ3v) is 4.60. The van der Waals surface area contributed by atoms with Gasteiger partial charge in [0.1, 0.15) is 0 Å². The van der Waals surface area contributed by atoms with Crippen LogP contribution in [0.1, 0.15) is 71.1 Å². The zero-order valence-electron chi connectivity index (χ0n) is 16.9. The van der Waals surface area contributed by atoms with E-state index in [0.29, 0.717) is 31.1 Å². The number of hydrogen-bond acceptors (Lipinski definition) is 4. The number of carboxylic acids is 2. The number of aliphatic carboxylic acids is 2. The van der Waals surface area contributed by atoms with Gasteiger partial charge in [-0.2, -0.15) is 0 Å². The van der Waals surface area contributed by atoms with Crippen molar-refractivity contribution in [2.45, 2.75) is 71.1 Å². The van der Waals surface area contributed by atoms with Crippen LogP contribution in [-0.2, 0) is 9.59 Å². The summed E-state index contributed by atoms with van der Waals surface area (Å²) in [7, 11) is 0. The largest absolute Gasteiger partial charge is 0.490 e. The Bertz CT molecular complexity index is 572. The Morgan fingerprint density at radius 1 is 0.821 bits per heavy atom. The summed E-state index contributed by atoms with van der Waals surface area (Å²) in [4.78, 5) is 21.3. The molecular weight excluding hydrogens is 360 g/mol. The van der Waals surface area contributed by atoms with Crippen molar-refractivity contribution in [2.24, 2.45) is 5.92 Å². The molecule has 1 aromatic carbocycles. The quantitative estimate of drug-likeness (QED) is 0.355. The smallest absolute Gasteiger partial charge is 0.306 e. The second-order valence-corrected chi connectivity index (χ2v) is 7.14. The van der Waals surface area contributed by atoms with E-state index in [2.05, 4.69) is 0 Å². The van der Waals surface area contributed by atoms with Crippen LogP contribution in [0.15, 0.2) is 24.3 Å². The second-order valence-electron chi connectivity index (χ2n) is 7.14. The Morgan fingerprint density at radius 2 is 1.32 bits per heavy atom. The van der Waals surface area contributed by atoms with Crippen molar-refractivity contribution in [3.8, 4) is 11.5 Å². The third kappa shape index (κ3) is 11.5. The number of unbranched alkanes of at least 4 members (excludes halogenated alkanes) is 6. The number of rotatable bonds is 17. The molecule has 0 heterocycles. The predicted octanol–water partition coefficient (Wildman–Crippen LogP) is 5.15. The number of benzene rings is 1. The second kappa shape index (κ2) is 14.8. The summed E-state index contributed by atoms with van der Waals surface area (Å²) in [6, 6.07) is 7.47. The highest BCUT2D eigenvalue weighted by atomic mass is 16.5. The molecule has 0 saturated carbocycles. The molecule has 0 bridgehead atoms. The lowest BCUT2D eigenvalue weighted by molar-refractivity contribution is -0.141. The Hall–Kier alpha value is -2.24. The Labute approximate surface area is 167 Å². The van der Waals surface area contributed by atoms with Crippen molar-refractivity contribution >= 4 is 11.9 Å². The first-order chi connectivity index (χ1) is 13.5. The number of ether oxygens (including phenoxy) is 2. The van der Waals surface area contributed by atoms with E-state index in [9.17, 15) is 9.59 Å². The van der Waals surface area contributed by atoms with Gasteiger partial charge in [0.05, 0.1) is 19.1 Å². The minimum Gasteiger partial charge on any atom is -0.490 e. The van der Waals surface area contributed by atoms with Crippen molar-refractivity contribution in [1.82, 2.24) is 0 Å². The molecule has 1 atom stereocenters. The van der Waals surface area contributed by atoms with E-state index in [4.69, 9.17) is 19.7 Å². The number of carbonyl (C=O) groups is 2. The number of carboxylic acid groups (broad SMARTS) is 2. The van der Waals surface area contributed by atoms with Gasteiger partial charge in [-0.05, 0) is 31.4 Å². The lowest BCUT2D eigenvalue weighted by Gasteiger charge is -2.12. The lowest BCUT2D eigenvalue weighted by atomic mass is 10.0. The summed E-state index contributed by atoms with van der Waals surface area (Å²) in [6.07, 6.45) is 8.98. The van der Waals surface area contributed by atoms with E-state index in [-0.39, 0.29) is 12.3 Å². The Kier molecular flexibility index (Phi) is 12.6. The Balaban J connectivity index is 2.07. The first-order valence-electron chi connectivity index (χ1n) is 10.3. The van der Waals surface area contributed by atoms with Gasteiger partial charge in [-0.15, -0.1) is 0 Å². The minimum atomic E-state index is -0.817. The van der Waals surface area contributed by atoms with Crippen molar-refractivity contribution in [3.05, 3.63) is 24.3 Å². The summed E-state index contributed by atoms with van der Waals surface area (Å²) in [5, 5.41) is 17.5. The van der Waals surface area contributed by atoms with E-state index in [1.165, 1.54) is 6.42 Å². The summed E-state index contributed by atoms with van der Waals surface area (Å²) in [5.74, 6) is -0.398. The molecule has 2 N–H and O–H groups in total. The maximum atomic E-state index is 10.7. The molecule has 6 nitrogen and oxygen atoms in total. The van der Waals surface area contributed by atoms with E-state index < -0.39 is 11.9 Å². The van der Waals surface area contributed by atoms with E-state index in [1.54, 1.807) is 6.92 Å². The zero-order valence-corrected chi connectivity index (χ0v) is 16.9. The van der Waals surface area contributed by atoms with Crippen LogP contribution in [0.4, 0.5) is 0 Å². The van der Waals surface area contributed by atoms with E-state index in [1.807, 2.05) is 24.3 Å². The normalized spacial score (nSPS) is 11.8. The van der Waals surface area contributed by atoms with Crippen LogP contribution < -0.4 is 9.47 Å². The van der Waals surface area contributed by atoms with Crippen LogP contribution in [0, 0.1) is 5.92 Å². The highest BCUT2D eigenvalue weighted by Crippen LogP contribution is 2.27. The molecular formula is C22H34O6. The van der Waals surface area contributed by atoms with Crippen LogP contribution in [0.25, 0.3) is 0 Å². The van der Waals surface area contributed by atoms with Gasteiger partial charge in [0.2, 0.25) is 0 Å². The van der Waals surface area contributed by atoms with Crippen molar-refractivity contribution in [2.75, 3.05) is 13.2 Å². The van der Waals surface area contributed by atoms with Gasteiger partial charge >= 0.3 is 11.9 Å². The van der Waals surface area contributed by atoms with Crippen LogP contribution in [0.5, 0.6) is 11.5 Å². The first kappa shape index (κ1) is 23.8. The van der Waals surface area contributed by atoms with Gasteiger partial charge in [-0.1, -0.05) is 57.6 Å². The first-order valence-corrected chi connectivity index (χ1v) is 10.3. The number of hydrogen-bond donors (Lipinski definition) is 2. The van der Waals surface area contributed by atoms with Crippen LogP contribution in [0.2, 0.25) is 0 Å². The summed E-state index contributed by atoms with van der Waals surface area (Å²) < 4.78 is 11.4. The summed E-state index contributed by atoms with van der Waals surface area (Å²) in [5.41, 5.74) is 0. The molecule has 0 amide bonds. The fraction of sp³-hybridized carbons (Fsp3) is 0.636. The molecule has 0 aromatic heterocycles. The van der Waals surface area contributed by atoms with Gasteiger partial charge in [0, 0.05) is 6.42 Å². The van der Waals surface area contributed by atoms with E-state index >= 15 is 0 Å². The molecule has 1 unspecified atom stereocenters. The molecule has 1 rings (SSSR count). The van der Waals surface area contributed by atoms with Crippen LogP contribution >= 0.6 is 0 Å². The molecule has 0 aliphatic carbocycles. The lowest BCUT2D eigenvalue weighted by Crippen LogP contribution is -2.08. The molecule has 0 spiro atoms. The zero-order chi connectivity index (χ0) is 20.6. The maximum Gasteiger partial charge on any atom is 0.306 e. The average molecular weight is 395 g/mol. The van der Waals surface area contributed by atoms with Gasteiger partial charge in [0.15, 0.2) is 11.5 Å². The molecule has 0 aliphatic heterocycles. The van der Waals surface area contributed by atoms with Crippen molar-refractivity contribution in [1.29, 1.82) is 0 Å². The standard InChI is InChI=1S/C22H34O6/c1-18(22(25)26)12-7-5-3-2-4-6-10-16-27-19-13-8-9-14-20(19)28-17-11-15-21(23)24/h8-9,13-14,18H,2-7,10-12,15-17H2,1H3,(H,23,24)(H,25,26). The molecule has 6 heteroatoms. The fourth-order valence-electron chi connectivity index (χ4n) is 2.84. The van der Waals surface area contributed by atoms with Crippen molar-refractivity contribution in [3.63, 3.8) is 0 Å². The van der Waals surface area contributed by atoms with Crippen molar-refractivity contribution < 1.29 is 29.3 Å². The summed E-state index contributed by atoms with van der Waals surface area (Å²) >= 11 is 0. The topological polar surface area (TPSA) is 93.1 Å². The molecule has 0 fully saturated rings. The van der Waals surface area contributed by atoms with Crippen LogP contribution in [0.3, 0.4) is 0 Å². The molecule has 158 valence electrons.